The van der Waals surface area contributed by atoms with Gasteiger partial charge in [0.1, 0.15) is 6.61 Å². The Labute approximate surface area is 143 Å². The van der Waals surface area contributed by atoms with Crippen LogP contribution in [0.4, 0.5) is 0 Å². The van der Waals surface area contributed by atoms with Gasteiger partial charge in [0, 0.05) is 0 Å². The van der Waals surface area contributed by atoms with E-state index in [2.05, 4.69) is 31.9 Å². The molecule has 110 valence electrons. The molecule has 8 heteroatoms. The summed E-state index contributed by atoms with van der Waals surface area (Å²) in [4.78, 5) is 23.2. The van der Waals surface area contributed by atoms with Crippen LogP contribution < -0.4 is 0 Å². The minimum absolute atomic E-state index is 0.00486. The highest BCUT2D eigenvalue weighted by molar-refractivity contribution is 9.10. The molecule has 1 rings (SSSR count). The Hall–Kier alpha value is 0.970. The largest absolute Gasteiger partial charge is 0.461 e. The van der Waals surface area contributed by atoms with Gasteiger partial charge >= 0.3 is 5.97 Å². The molecule has 3 nitrogen and oxygen atoms in total. The molecular formula is C11H13Br2Cl3O3. The Morgan fingerprint density at radius 2 is 1.89 bits per heavy atom. The molecule has 19 heavy (non-hydrogen) atoms. The summed E-state index contributed by atoms with van der Waals surface area (Å²) >= 11 is 23.0. The van der Waals surface area contributed by atoms with Crippen LogP contribution in [0, 0.1) is 17.3 Å². The van der Waals surface area contributed by atoms with Crippen LogP contribution in [0.3, 0.4) is 0 Å². The second kappa shape index (κ2) is 6.39. The van der Waals surface area contributed by atoms with Crippen molar-refractivity contribution in [2.45, 2.75) is 22.5 Å². The average Bonchev–Trinajstić information content (AvgIpc) is 2.86. The van der Waals surface area contributed by atoms with Crippen molar-refractivity contribution in [1.29, 1.82) is 0 Å². The van der Waals surface area contributed by atoms with Gasteiger partial charge in [-0.3, -0.25) is 9.59 Å². The highest BCUT2D eigenvalue weighted by Crippen LogP contribution is 2.62. The van der Waals surface area contributed by atoms with Gasteiger partial charge in [0.15, 0.2) is 5.78 Å². The predicted octanol–water partition coefficient (Wildman–Crippen LogP) is 3.90. The number of Topliss-reactive ketones (excluding diaryl/α,β-unsaturated/α-hetero) is 1. The molecule has 0 heterocycles. The van der Waals surface area contributed by atoms with Crippen LogP contribution in [-0.4, -0.2) is 32.3 Å². The summed E-state index contributed by atoms with van der Waals surface area (Å²) in [5.74, 6) is -0.921. The summed E-state index contributed by atoms with van der Waals surface area (Å²) in [5, 5.41) is 0.241. The molecule has 3 unspecified atom stereocenters. The minimum atomic E-state index is -1.62. The lowest BCUT2D eigenvalue weighted by atomic mass is 10.1. The van der Waals surface area contributed by atoms with Gasteiger partial charge in [0.2, 0.25) is 3.79 Å². The molecule has 0 spiro atoms. The molecule has 3 atom stereocenters. The SMILES string of the molecule is CC1(C)C(C(=O)OCC(Cl)(Cl)Cl)C1C(Br)C(=O)CBr. The first kappa shape index (κ1) is 18.0. The quantitative estimate of drug-likeness (QED) is 0.463. The van der Waals surface area contributed by atoms with E-state index in [0.29, 0.717) is 0 Å². The number of hydrogen-bond donors (Lipinski definition) is 0. The summed E-state index contributed by atoms with van der Waals surface area (Å²) in [7, 11) is 0. The first-order chi connectivity index (χ1) is 8.52. The highest BCUT2D eigenvalue weighted by Gasteiger charge is 2.66. The molecule has 0 N–H and O–H groups in total. The van der Waals surface area contributed by atoms with Crippen molar-refractivity contribution in [3.05, 3.63) is 0 Å². The molecular weight excluding hydrogens is 446 g/mol. The van der Waals surface area contributed by atoms with E-state index >= 15 is 0 Å². The number of carbonyl (C=O) groups excluding carboxylic acids is 2. The van der Waals surface area contributed by atoms with Crippen molar-refractivity contribution in [2.75, 3.05) is 11.9 Å². The zero-order chi connectivity index (χ0) is 15.0. The first-order valence-corrected chi connectivity index (χ1v) is 8.65. The van der Waals surface area contributed by atoms with E-state index in [1.807, 2.05) is 13.8 Å². The number of carbonyl (C=O) groups is 2. The maximum Gasteiger partial charge on any atom is 0.309 e. The average molecular weight is 459 g/mol. The summed E-state index contributed by atoms with van der Waals surface area (Å²) in [6.45, 7) is 3.53. The van der Waals surface area contributed by atoms with Crippen LogP contribution in [0.5, 0.6) is 0 Å². The van der Waals surface area contributed by atoms with Crippen molar-refractivity contribution in [3.63, 3.8) is 0 Å². The van der Waals surface area contributed by atoms with Gasteiger partial charge in [-0.2, -0.15) is 0 Å². The number of alkyl halides is 5. The Morgan fingerprint density at radius 3 is 2.32 bits per heavy atom. The van der Waals surface area contributed by atoms with E-state index in [0.717, 1.165) is 0 Å². The summed E-state index contributed by atoms with van der Waals surface area (Å²) in [6.07, 6.45) is 0. The van der Waals surface area contributed by atoms with E-state index < -0.39 is 9.76 Å². The van der Waals surface area contributed by atoms with E-state index in [1.165, 1.54) is 0 Å². The molecule has 1 fully saturated rings. The Morgan fingerprint density at radius 1 is 1.37 bits per heavy atom. The zero-order valence-electron chi connectivity index (χ0n) is 10.3. The van der Waals surface area contributed by atoms with Crippen LogP contribution in [0.25, 0.3) is 0 Å². The van der Waals surface area contributed by atoms with Gasteiger partial charge in [0.25, 0.3) is 0 Å². The fourth-order valence-electron chi connectivity index (χ4n) is 2.19. The van der Waals surface area contributed by atoms with Crippen LogP contribution in [0.15, 0.2) is 0 Å². The summed E-state index contributed by atoms with van der Waals surface area (Å²) < 4.78 is 3.36. The normalized spacial score (nSPS) is 26.7. The van der Waals surface area contributed by atoms with E-state index in [4.69, 9.17) is 39.5 Å². The third-order valence-corrected chi connectivity index (χ3v) is 5.26. The molecule has 1 aliphatic rings. The standard InChI is InChI=1S/C11H13Br2Cl3O3/c1-10(2)6(8(13)5(17)3-12)7(10)9(18)19-4-11(14,15)16/h6-8H,3-4H2,1-2H3. The van der Waals surface area contributed by atoms with Crippen LogP contribution in [0.2, 0.25) is 0 Å². The van der Waals surface area contributed by atoms with Crippen molar-refractivity contribution < 1.29 is 14.3 Å². The fraction of sp³-hybridized carbons (Fsp3) is 0.818. The smallest absolute Gasteiger partial charge is 0.309 e. The molecule has 0 saturated heterocycles. The molecule has 0 radical (unpaired) electrons. The van der Waals surface area contributed by atoms with Crippen LogP contribution in [0.1, 0.15) is 13.8 Å². The monoisotopic (exact) mass is 456 g/mol. The van der Waals surface area contributed by atoms with Crippen LogP contribution in [-0.2, 0) is 14.3 Å². The van der Waals surface area contributed by atoms with Crippen LogP contribution >= 0.6 is 66.7 Å². The molecule has 0 aliphatic heterocycles. The third-order valence-electron chi connectivity index (χ3n) is 3.30. The second-order valence-electron chi connectivity index (χ2n) is 5.05. The molecule has 0 amide bonds. The second-order valence-corrected chi connectivity index (χ2v) is 9.11. The number of ketones is 1. The first-order valence-electron chi connectivity index (χ1n) is 5.48. The fourth-order valence-corrected chi connectivity index (χ4v) is 4.29. The van der Waals surface area contributed by atoms with Crippen molar-refractivity contribution >= 4 is 78.4 Å². The van der Waals surface area contributed by atoms with Gasteiger partial charge in [0.05, 0.1) is 16.1 Å². The van der Waals surface area contributed by atoms with E-state index in [-0.39, 0.29) is 39.8 Å². The lowest BCUT2D eigenvalue weighted by Gasteiger charge is -2.11. The van der Waals surface area contributed by atoms with Gasteiger partial charge in [-0.1, -0.05) is 80.5 Å². The molecule has 0 aromatic heterocycles. The number of esters is 1. The van der Waals surface area contributed by atoms with Gasteiger partial charge in [-0.15, -0.1) is 0 Å². The number of halogens is 5. The maximum absolute atomic E-state index is 12.0. The van der Waals surface area contributed by atoms with Gasteiger partial charge in [-0.25, -0.2) is 0 Å². The van der Waals surface area contributed by atoms with Crippen molar-refractivity contribution in [2.24, 2.45) is 17.3 Å². The summed E-state index contributed by atoms with van der Waals surface area (Å²) in [6, 6.07) is 0. The van der Waals surface area contributed by atoms with Crippen molar-refractivity contribution in [3.8, 4) is 0 Å². The lowest BCUT2D eigenvalue weighted by Crippen LogP contribution is -2.22. The number of ether oxygens (including phenoxy) is 1. The molecule has 1 saturated carbocycles. The summed E-state index contributed by atoms with van der Waals surface area (Å²) in [5.41, 5.74) is -0.309. The highest BCUT2D eigenvalue weighted by atomic mass is 79.9. The molecule has 0 aromatic rings. The molecule has 1 aliphatic carbocycles. The lowest BCUT2D eigenvalue weighted by molar-refractivity contribution is -0.146. The Bertz CT molecular complexity index is 382. The minimum Gasteiger partial charge on any atom is -0.461 e. The topological polar surface area (TPSA) is 43.4 Å². The van der Waals surface area contributed by atoms with E-state index in [9.17, 15) is 9.59 Å². The van der Waals surface area contributed by atoms with Crippen molar-refractivity contribution in [1.82, 2.24) is 0 Å². The Kier molecular flexibility index (Phi) is 6.06. The maximum atomic E-state index is 12.0. The predicted molar refractivity (Wildman–Crippen MR) is 83.5 cm³/mol. The van der Waals surface area contributed by atoms with E-state index in [1.54, 1.807) is 0 Å². The zero-order valence-corrected chi connectivity index (χ0v) is 15.7. The Balaban J connectivity index is 2.65. The van der Waals surface area contributed by atoms with Gasteiger partial charge < -0.3 is 4.74 Å². The number of rotatable bonds is 5. The number of hydrogen-bond acceptors (Lipinski definition) is 3. The van der Waals surface area contributed by atoms with Gasteiger partial charge in [-0.05, 0) is 11.3 Å². The third kappa shape index (κ3) is 4.47. The molecule has 0 bridgehead atoms. The molecule has 0 aromatic carbocycles.